The highest BCUT2D eigenvalue weighted by Gasteiger charge is 2.25. The first kappa shape index (κ1) is 14.5. The lowest BCUT2D eigenvalue weighted by Crippen LogP contribution is -2.50. The number of nitrogens with zero attached hydrogens (tertiary/aromatic N) is 2. The zero-order chi connectivity index (χ0) is 14.0. The number of hydrogen-bond acceptors (Lipinski definition) is 3. The van der Waals surface area contributed by atoms with E-state index >= 15 is 0 Å². The summed E-state index contributed by atoms with van der Waals surface area (Å²) in [5, 5.41) is 10.5. The summed E-state index contributed by atoms with van der Waals surface area (Å²) >= 11 is 0. The van der Waals surface area contributed by atoms with Crippen LogP contribution >= 0.6 is 0 Å². The SMILES string of the molecule is Cc1ccc(C(O)CC2CN(C)CCN2C)c(C)c1. The predicted molar refractivity (Wildman–Crippen MR) is 79.4 cm³/mol. The molecule has 2 rings (SSSR count). The van der Waals surface area contributed by atoms with E-state index in [1.807, 2.05) is 0 Å². The standard InChI is InChI=1S/C16H26N2O/c1-12-5-6-15(13(2)9-12)16(19)10-14-11-17(3)7-8-18(14)4/h5-6,9,14,16,19H,7-8,10-11H2,1-4H3. The normalized spacial score (nSPS) is 23.5. The van der Waals surface area contributed by atoms with Crippen LogP contribution in [0.25, 0.3) is 0 Å². The minimum absolute atomic E-state index is 0.362. The number of piperazine rings is 1. The van der Waals surface area contributed by atoms with Gasteiger partial charge in [0.05, 0.1) is 6.10 Å². The molecule has 106 valence electrons. The molecule has 1 fully saturated rings. The minimum atomic E-state index is -0.362. The van der Waals surface area contributed by atoms with E-state index in [-0.39, 0.29) is 6.10 Å². The van der Waals surface area contributed by atoms with Crippen LogP contribution in [0.15, 0.2) is 18.2 Å². The number of rotatable bonds is 3. The number of aliphatic hydroxyl groups is 1. The van der Waals surface area contributed by atoms with Gasteiger partial charge in [0.1, 0.15) is 0 Å². The van der Waals surface area contributed by atoms with Gasteiger partial charge in [-0.1, -0.05) is 23.8 Å². The van der Waals surface area contributed by atoms with Crippen LogP contribution in [0, 0.1) is 13.8 Å². The van der Waals surface area contributed by atoms with Gasteiger partial charge in [-0.3, -0.25) is 0 Å². The molecule has 0 saturated carbocycles. The zero-order valence-corrected chi connectivity index (χ0v) is 12.6. The number of likely N-dealkylation sites (N-methyl/N-ethyl adjacent to an activating group) is 2. The topological polar surface area (TPSA) is 26.7 Å². The quantitative estimate of drug-likeness (QED) is 0.902. The molecule has 19 heavy (non-hydrogen) atoms. The van der Waals surface area contributed by atoms with Crippen LogP contribution < -0.4 is 0 Å². The fraction of sp³-hybridized carbons (Fsp3) is 0.625. The molecule has 1 heterocycles. The Labute approximate surface area is 116 Å². The van der Waals surface area contributed by atoms with E-state index < -0.39 is 0 Å². The Bertz CT molecular complexity index is 433. The lowest BCUT2D eigenvalue weighted by molar-refractivity contribution is 0.0632. The van der Waals surface area contributed by atoms with Gasteiger partial charge in [0.25, 0.3) is 0 Å². The zero-order valence-electron chi connectivity index (χ0n) is 12.6. The Morgan fingerprint density at radius 2 is 2.00 bits per heavy atom. The maximum atomic E-state index is 10.5. The predicted octanol–water partition coefficient (Wildman–Crippen LogP) is 1.97. The molecule has 1 N–H and O–H groups in total. The van der Waals surface area contributed by atoms with Crippen molar-refractivity contribution in [2.24, 2.45) is 0 Å². The first-order valence-electron chi connectivity index (χ1n) is 7.11. The maximum absolute atomic E-state index is 10.5. The summed E-state index contributed by atoms with van der Waals surface area (Å²) in [7, 11) is 4.32. The molecule has 1 aliphatic heterocycles. The summed E-state index contributed by atoms with van der Waals surface area (Å²) in [4.78, 5) is 4.71. The van der Waals surface area contributed by atoms with Crippen molar-refractivity contribution in [3.05, 3.63) is 34.9 Å². The second-order valence-electron chi connectivity index (χ2n) is 6.01. The van der Waals surface area contributed by atoms with Crippen LogP contribution in [0.3, 0.4) is 0 Å². The molecule has 2 unspecified atom stereocenters. The smallest absolute Gasteiger partial charge is 0.0808 e. The van der Waals surface area contributed by atoms with Crippen molar-refractivity contribution in [1.29, 1.82) is 0 Å². The molecule has 0 radical (unpaired) electrons. The third kappa shape index (κ3) is 3.56. The van der Waals surface area contributed by atoms with Crippen molar-refractivity contribution in [2.45, 2.75) is 32.4 Å². The summed E-state index contributed by atoms with van der Waals surface area (Å²) in [6.45, 7) is 7.42. The van der Waals surface area contributed by atoms with E-state index in [0.29, 0.717) is 6.04 Å². The Kier molecular flexibility index (Phi) is 4.61. The molecular weight excluding hydrogens is 236 g/mol. The maximum Gasteiger partial charge on any atom is 0.0808 e. The fourth-order valence-corrected chi connectivity index (χ4v) is 2.94. The van der Waals surface area contributed by atoms with Gasteiger partial charge >= 0.3 is 0 Å². The second kappa shape index (κ2) is 6.04. The molecule has 3 heteroatoms. The molecule has 1 aromatic carbocycles. The Morgan fingerprint density at radius 3 is 2.68 bits per heavy atom. The number of benzene rings is 1. The molecule has 2 atom stereocenters. The lowest BCUT2D eigenvalue weighted by atomic mass is 9.95. The van der Waals surface area contributed by atoms with Gasteiger partial charge in [-0.2, -0.15) is 0 Å². The molecular formula is C16H26N2O. The Hall–Kier alpha value is -0.900. The van der Waals surface area contributed by atoms with Gasteiger partial charge in [-0.05, 0) is 45.5 Å². The van der Waals surface area contributed by atoms with E-state index in [1.165, 1.54) is 11.1 Å². The molecule has 0 bridgehead atoms. The highest BCUT2D eigenvalue weighted by molar-refractivity contribution is 5.32. The van der Waals surface area contributed by atoms with Crippen LogP contribution in [0.5, 0.6) is 0 Å². The van der Waals surface area contributed by atoms with E-state index in [2.05, 4.69) is 55.9 Å². The third-order valence-electron chi connectivity index (χ3n) is 4.26. The van der Waals surface area contributed by atoms with Crippen molar-refractivity contribution >= 4 is 0 Å². The third-order valence-corrected chi connectivity index (χ3v) is 4.26. The Balaban J connectivity index is 2.05. The van der Waals surface area contributed by atoms with E-state index in [9.17, 15) is 5.11 Å². The summed E-state index contributed by atoms with van der Waals surface area (Å²) in [6.07, 6.45) is 0.449. The molecule has 1 aliphatic rings. The summed E-state index contributed by atoms with van der Waals surface area (Å²) in [5.41, 5.74) is 3.52. The van der Waals surface area contributed by atoms with Gasteiger partial charge in [-0.15, -0.1) is 0 Å². The van der Waals surface area contributed by atoms with Crippen molar-refractivity contribution in [2.75, 3.05) is 33.7 Å². The highest BCUT2D eigenvalue weighted by Crippen LogP contribution is 2.25. The van der Waals surface area contributed by atoms with E-state index in [1.54, 1.807) is 0 Å². The monoisotopic (exact) mass is 262 g/mol. The first-order valence-corrected chi connectivity index (χ1v) is 7.11. The molecule has 1 saturated heterocycles. The Morgan fingerprint density at radius 1 is 1.26 bits per heavy atom. The fourth-order valence-electron chi connectivity index (χ4n) is 2.94. The number of aryl methyl sites for hydroxylation is 2. The van der Waals surface area contributed by atoms with Crippen molar-refractivity contribution in [3.8, 4) is 0 Å². The summed E-state index contributed by atoms with van der Waals surface area (Å²) in [6, 6.07) is 6.74. The van der Waals surface area contributed by atoms with Crippen molar-refractivity contribution in [1.82, 2.24) is 9.80 Å². The van der Waals surface area contributed by atoms with Gasteiger partial charge < -0.3 is 14.9 Å². The van der Waals surface area contributed by atoms with Crippen LogP contribution in [0.4, 0.5) is 0 Å². The summed E-state index contributed by atoms with van der Waals surface area (Å²) in [5.74, 6) is 0. The molecule has 1 aromatic rings. The highest BCUT2D eigenvalue weighted by atomic mass is 16.3. The van der Waals surface area contributed by atoms with Gasteiger partial charge in [-0.25, -0.2) is 0 Å². The lowest BCUT2D eigenvalue weighted by Gasteiger charge is -2.38. The van der Waals surface area contributed by atoms with Crippen LogP contribution in [0.1, 0.15) is 29.2 Å². The van der Waals surface area contributed by atoms with E-state index in [4.69, 9.17) is 0 Å². The van der Waals surface area contributed by atoms with Crippen molar-refractivity contribution < 1.29 is 5.11 Å². The number of aliphatic hydroxyl groups excluding tert-OH is 1. The van der Waals surface area contributed by atoms with Gasteiger partial charge in [0.15, 0.2) is 0 Å². The average Bonchev–Trinajstić information content (AvgIpc) is 2.33. The number of hydrogen-bond donors (Lipinski definition) is 1. The summed E-state index contributed by atoms with van der Waals surface area (Å²) < 4.78 is 0. The molecule has 0 aliphatic carbocycles. The van der Waals surface area contributed by atoms with Crippen LogP contribution in [0.2, 0.25) is 0 Å². The van der Waals surface area contributed by atoms with Crippen molar-refractivity contribution in [3.63, 3.8) is 0 Å². The van der Waals surface area contributed by atoms with E-state index in [0.717, 1.165) is 31.6 Å². The molecule has 0 spiro atoms. The molecule has 0 aromatic heterocycles. The largest absolute Gasteiger partial charge is 0.388 e. The molecule has 0 amide bonds. The van der Waals surface area contributed by atoms with Gasteiger partial charge in [0.2, 0.25) is 0 Å². The van der Waals surface area contributed by atoms with Crippen LogP contribution in [-0.2, 0) is 0 Å². The molecule has 3 nitrogen and oxygen atoms in total. The van der Waals surface area contributed by atoms with Crippen LogP contribution in [-0.4, -0.2) is 54.7 Å². The minimum Gasteiger partial charge on any atom is -0.388 e. The second-order valence-corrected chi connectivity index (χ2v) is 6.01. The van der Waals surface area contributed by atoms with Gasteiger partial charge in [0, 0.05) is 25.7 Å². The average molecular weight is 262 g/mol. The first-order chi connectivity index (χ1) is 8.97.